The quantitative estimate of drug-likeness (QED) is 0.123. The molecule has 8 rings (SSSR count). The van der Waals surface area contributed by atoms with Crippen LogP contribution in [0, 0.1) is 18.1 Å². The number of rotatable bonds is 6. The molecular weight excluding hydrogens is 825 g/mol. The number of hydrogen-bond acceptors (Lipinski definition) is 3. The number of aromatic nitrogens is 2. The fourth-order valence-electron chi connectivity index (χ4n) is 6.63. The molecule has 0 saturated heterocycles. The van der Waals surface area contributed by atoms with Gasteiger partial charge in [-0.05, 0) is 29.7 Å². The third-order valence-corrected chi connectivity index (χ3v) is 13.5. The van der Waals surface area contributed by atoms with Crippen molar-refractivity contribution in [1.82, 2.24) is 9.97 Å². The van der Waals surface area contributed by atoms with Gasteiger partial charge in [-0.3, -0.25) is 0 Å². The molecule has 1 aliphatic carbocycles. The summed E-state index contributed by atoms with van der Waals surface area (Å²) in [6.45, 7) is 0. The summed E-state index contributed by atoms with van der Waals surface area (Å²) < 4.78 is 7.97. The van der Waals surface area contributed by atoms with Gasteiger partial charge < -0.3 is 9.40 Å². The first-order valence-electron chi connectivity index (χ1n) is 16.7. The summed E-state index contributed by atoms with van der Waals surface area (Å²) in [5, 5.41) is 2.25. The van der Waals surface area contributed by atoms with Crippen molar-refractivity contribution in [1.29, 1.82) is 0 Å². The summed E-state index contributed by atoms with van der Waals surface area (Å²) in [6.07, 6.45) is 10.6. The molecule has 1 saturated carbocycles. The summed E-state index contributed by atoms with van der Waals surface area (Å²) in [5.74, 6) is 7.96. The summed E-state index contributed by atoms with van der Waals surface area (Å²) in [6, 6.07) is 44.2. The first kappa shape index (κ1) is 34.1. The fraction of sp³-hybridized carbons (Fsp3) is 0.209. The normalized spacial score (nSPS) is 13.2. The zero-order chi connectivity index (χ0) is 32.2. The van der Waals surface area contributed by atoms with Crippen molar-refractivity contribution in [2.75, 3.05) is 0 Å². The summed E-state index contributed by atoms with van der Waals surface area (Å²) >= 11 is -1.72. The van der Waals surface area contributed by atoms with E-state index in [1.807, 2.05) is 48.8 Å². The molecular formula is C43H40GeIrN2O-2. The van der Waals surface area contributed by atoms with Crippen LogP contribution in [-0.2, 0) is 26.5 Å². The molecule has 3 aromatic heterocycles. The van der Waals surface area contributed by atoms with Crippen LogP contribution in [0.2, 0.25) is 17.3 Å². The topological polar surface area (TPSA) is 38.9 Å². The van der Waals surface area contributed by atoms with Gasteiger partial charge in [-0.1, -0.05) is 96.8 Å². The maximum absolute atomic E-state index is 6.53. The monoisotopic (exact) mass is 867 g/mol. The van der Waals surface area contributed by atoms with Crippen molar-refractivity contribution in [2.45, 2.75) is 49.4 Å². The number of fused-ring (bicyclic) bond motifs is 3. The van der Waals surface area contributed by atoms with E-state index in [4.69, 9.17) is 9.40 Å². The van der Waals surface area contributed by atoms with Crippen molar-refractivity contribution < 1.29 is 24.5 Å². The van der Waals surface area contributed by atoms with Crippen LogP contribution in [0.4, 0.5) is 0 Å². The van der Waals surface area contributed by atoms with E-state index in [0.29, 0.717) is 0 Å². The number of para-hydroxylation sites is 1. The Balaban J connectivity index is 0.000000201. The Morgan fingerprint density at radius 2 is 1.52 bits per heavy atom. The van der Waals surface area contributed by atoms with Crippen molar-refractivity contribution in [2.24, 2.45) is 5.92 Å². The number of benzene rings is 4. The van der Waals surface area contributed by atoms with Gasteiger partial charge >= 0.3 is 99.8 Å². The van der Waals surface area contributed by atoms with Gasteiger partial charge in [-0.15, -0.1) is 18.2 Å². The van der Waals surface area contributed by atoms with E-state index in [9.17, 15) is 0 Å². The van der Waals surface area contributed by atoms with Crippen LogP contribution in [0.15, 0.2) is 126 Å². The van der Waals surface area contributed by atoms with Gasteiger partial charge in [-0.25, -0.2) is 0 Å². The van der Waals surface area contributed by atoms with Gasteiger partial charge in [-0.2, -0.15) is 0 Å². The molecule has 0 spiro atoms. The molecule has 0 amide bonds. The van der Waals surface area contributed by atoms with E-state index >= 15 is 0 Å². The molecule has 7 aromatic rings. The molecule has 0 N–H and O–H groups in total. The third-order valence-electron chi connectivity index (χ3n) is 9.24. The second kappa shape index (κ2) is 15.2. The SMILES string of the molecule is [CH3][Ge]([CH3])([CH3])[c]1ccc(-c2[c-]cccc2)nc1.[Ir].[c-]1ccc2c(oc3c(-c4ccccc4)cccc32)c1-c1cc(CC2CCCC2)ccn1. The van der Waals surface area contributed by atoms with Crippen molar-refractivity contribution in [3.05, 3.63) is 139 Å². The predicted molar refractivity (Wildman–Crippen MR) is 198 cm³/mol. The molecule has 0 aliphatic heterocycles. The first-order valence-corrected chi connectivity index (χ1v) is 24.1. The van der Waals surface area contributed by atoms with E-state index in [1.54, 1.807) is 0 Å². The average molecular weight is 866 g/mol. The smallest absolute Gasteiger partial charge is 0.128 e. The molecule has 1 radical (unpaired) electrons. The van der Waals surface area contributed by atoms with E-state index in [2.05, 4.69) is 107 Å². The number of furan rings is 1. The maximum Gasteiger partial charge on any atom is 0.128 e. The molecule has 4 aromatic carbocycles. The van der Waals surface area contributed by atoms with E-state index in [-0.39, 0.29) is 20.1 Å². The summed E-state index contributed by atoms with van der Waals surface area (Å²) in [7, 11) is 0. The minimum atomic E-state index is -1.72. The zero-order valence-electron chi connectivity index (χ0n) is 27.8. The minimum absolute atomic E-state index is 0. The summed E-state index contributed by atoms with van der Waals surface area (Å²) in [5.41, 5.74) is 9.40. The van der Waals surface area contributed by atoms with Crippen molar-refractivity contribution in [3.8, 4) is 33.6 Å². The molecule has 0 bridgehead atoms. The maximum atomic E-state index is 6.53. The Kier molecular flexibility index (Phi) is 10.8. The molecule has 3 heterocycles. The Morgan fingerprint density at radius 1 is 0.729 bits per heavy atom. The third kappa shape index (κ3) is 7.57. The van der Waals surface area contributed by atoms with Gasteiger partial charge in [0.25, 0.3) is 0 Å². The molecule has 243 valence electrons. The van der Waals surface area contributed by atoms with Gasteiger partial charge in [0.05, 0.1) is 5.58 Å². The molecule has 3 nitrogen and oxygen atoms in total. The van der Waals surface area contributed by atoms with Crippen LogP contribution in [-0.4, -0.2) is 23.2 Å². The number of nitrogens with zero attached hydrogens (tertiary/aromatic N) is 2. The van der Waals surface area contributed by atoms with E-state index in [0.717, 1.165) is 67.9 Å². The van der Waals surface area contributed by atoms with Crippen LogP contribution < -0.4 is 4.40 Å². The second-order valence-electron chi connectivity index (χ2n) is 13.6. The van der Waals surface area contributed by atoms with Gasteiger partial charge in [0.2, 0.25) is 0 Å². The average Bonchev–Trinajstić information content (AvgIpc) is 3.77. The Morgan fingerprint density at radius 3 is 2.25 bits per heavy atom. The van der Waals surface area contributed by atoms with E-state index in [1.165, 1.54) is 35.6 Å². The number of pyridine rings is 2. The van der Waals surface area contributed by atoms with Crippen LogP contribution in [0.3, 0.4) is 0 Å². The zero-order valence-corrected chi connectivity index (χ0v) is 32.3. The second-order valence-corrected chi connectivity index (χ2v) is 24.3. The molecule has 1 aliphatic rings. The van der Waals surface area contributed by atoms with Gasteiger partial charge in [0.1, 0.15) is 5.58 Å². The Bertz CT molecular complexity index is 2100. The molecule has 5 heteroatoms. The van der Waals surface area contributed by atoms with Gasteiger partial charge in [0.15, 0.2) is 0 Å². The van der Waals surface area contributed by atoms with Crippen molar-refractivity contribution in [3.63, 3.8) is 0 Å². The van der Waals surface area contributed by atoms with E-state index < -0.39 is 13.3 Å². The van der Waals surface area contributed by atoms with Gasteiger partial charge in [0, 0.05) is 37.3 Å². The predicted octanol–water partition coefficient (Wildman–Crippen LogP) is 10.9. The Labute approximate surface area is 300 Å². The molecule has 0 unspecified atom stereocenters. The molecule has 48 heavy (non-hydrogen) atoms. The first-order chi connectivity index (χ1) is 22.9. The largest absolute Gasteiger partial charge is 0.500 e. The standard InChI is InChI=1S/C29H24NO.C14H16GeN.Ir/c1-2-10-22(11-3-1)23-12-6-13-24-25-14-7-15-26(29(25)31-28(23)24)27-19-21(16-17-30-27)18-20-8-4-5-9-20;1-15(2,3)13-9-10-14(16-11-13)12-7-5-4-6-8-12;/h1-3,6-7,10-14,16-17,19-20H,4-5,8-9,18H2;4-7,9-11H,1-3H3;/q2*-1;. The molecule has 1 fully saturated rings. The van der Waals surface area contributed by atoms with Crippen LogP contribution in [0.1, 0.15) is 31.2 Å². The Hall–Kier alpha value is -3.83. The number of hydrogen-bond donors (Lipinski definition) is 0. The fourth-order valence-corrected chi connectivity index (χ4v) is 8.81. The van der Waals surface area contributed by atoms with Crippen molar-refractivity contribution >= 4 is 39.6 Å². The van der Waals surface area contributed by atoms with Crippen LogP contribution in [0.5, 0.6) is 0 Å². The minimum Gasteiger partial charge on any atom is -0.500 e. The summed E-state index contributed by atoms with van der Waals surface area (Å²) in [4.78, 5) is 9.22. The molecule has 0 atom stereocenters. The van der Waals surface area contributed by atoms with Crippen LogP contribution >= 0.6 is 0 Å². The van der Waals surface area contributed by atoms with Crippen LogP contribution in [0.25, 0.3) is 55.6 Å².